The molecule has 112 valence electrons. The van der Waals surface area contributed by atoms with Crippen LogP contribution in [-0.4, -0.2) is 23.0 Å². The van der Waals surface area contributed by atoms with Crippen molar-refractivity contribution in [2.45, 2.75) is 38.6 Å². The number of rotatable bonds is 5. The first-order valence-electron chi connectivity index (χ1n) is 6.97. The molecule has 1 unspecified atom stereocenters. The summed E-state index contributed by atoms with van der Waals surface area (Å²) >= 11 is 0. The van der Waals surface area contributed by atoms with Crippen LogP contribution in [0.1, 0.15) is 32.3 Å². The zero-order valence-corrected chi connectivity index (χ0v) is 12.3. The first kappa shape index (κ1) is 15.3. The maximum absolute atomic E-state index is 11.4. The Balaban J connectivity index is 1.86. The fraction of sp³-hybridized carbons (Fsp3) is 0.353. The van der Waals surface area contributed by atoms with Gasteiger partial charge in [0.15, 0.2) is 0 Å². The highest BCUT2D eigenvalue weighted by molar-refractivity contribution is 5.83. The van der Waals surface area contributed by atoms with Crippen molar-refractivity contribution in [1.29, 1.82) is 0 Å². The number of esters is 1. The Morgan fingerprint density at radius 2 is 1.95 bits per heavy atom. The van der Waals surface area contributed by atoms with Crippen molar-refractivity contribution < 1.29 is 19.4 Å². The summed E-state index contributed by atoms with van der Waals surface area (Å²) < 4.78 is 10.5. The molecule has 0 spiro atoms. The zero-order valence-electron chi connectivity index (χ0n) is 12.3. The Labute approximate surface area is 124 Å². The Kier molecular flexibility index (Phi) is 4.81. The van der Waals surface area contributed by atoms with Crippen LogP contribution in [0.2, 0.25) is 0 Å². The van der Waals surface area contributed by atoms with Crippen molar-refractivity contribution >= 4 is 12.0 Å². The summed E-state index contributed by atoms with van der Waals surface area (Å²) in [6, 6.07) is 9.87. The van der Waals surface area contributed by atoms with Gasteiger partial charge in [0.1, 0.15) is 5.76 Å². The third kappa shape index (κ3) is 5.08. The number of carbonyl (C=O) groups excluding carboxylic acids is 1. The number of ether oxygens (including phenoxy) is 2. The van der Waals surface area contributed by atoms with Crippen LogP contribution >= 0.6 is 0 Å². The number of cyclic esters (lactones) is 1. The van der Waals surface area contributed by atoms with Gasteiger partial charge in [-0.2, -0.15) is 0 Å². The molecule has 0 fully saturated rings. The minimum atomic E-state index is -0.971. The highest BCUT2D eigenvalue weighted by Crippen LogP contribution is 2.25. The van der Waals surface area contributed by atoms with E-state index in [2.05, 4.69) is 0 Å². The first-order chi connectivity index (χ1) is 9.94. The van der Waals surface area contributed by atoms with E-state index < -0.39 is 17.9 Å². The predicted octanol–water partition coefficient (Wildman–Crippen LogP) is 3.03. The second-order valence-electron chi connectivity index (χ2n) is 5.44. The van der Waals surface area contributed by atoms with Crippen LogP contribution in [0.3, 0.4) is 0 Å². The molecule has 1 aromatic carbocycles. The predicted molar refractivity (Wildman–Crippen MR) is 80.1 cm³/mol. The van der Waals surface area contributed by atoms with Gasteiger partial charge in [0.05, 0.1) is 12.2 Å². The van der Waals surface area contributed by atoms with Crippen molar-refractivity contribution in [1.82, 2.24) is 0 Å². The maximum atomic E-state index is 11.4. The molecule has 4 heteroatoms. The Bertz CT molecular complexity index is 543. The van der Waals surface area contributed by atoms with E-state index in [1.807, 2.05) is 42.5 Å². The summed E-state index contributed by atoms with van der Waals surface area (Å²) in [4.78, 5) is 11.4. The first-order valence-corrected chi connectivity index (χ1v) is 6.97. The number of carbonyl (C=O) groups is 1. The molecule has 1 atom stereocenters. The number of aliphatic hydroxyl groups excluding tert-OH is 1. The highest BCUT2D eigenvalue weighted by Gasteiger charge is 2.30. The second-order valence-corrected chi connectivity index (χ2v) is 5.44. The van der Waals surface area contributed by atoms with Gasteiger partial charge >= 0.3 is 5.97 Å². The van der Waals surface area contributed by atoms with Gasteiger partial charge in [-0.3, -0.25) is 0 Å². The summed E-state index contributed by atoms with van der Waals surface area (Å²) in [5, 5.41) is 10.0. The molecule has 1 aliphatic rings. The molecule has 4 nitrogen and oxygen atoms in total. The lowest BCUT2D eigenvalue weighted by Crippen LogP contribution is -2.35. The van der Waals surface area contributed by atoms with E-state index in [0.29, 0.717) is 12.2 Å². The summed E-state index contributed by atoms with van der Waals surface area (Å²) in [5.74, 6) is -0.953. The molecule has 21 heavy (non-hydrogen) atoms. The lowest BCUT2D eigenvalue weighted by Gasteiger charge is -2.31. The van der Waals surface area contributed by atoms with Crippen LogP contribution in [0, 0.1) is 0 Å². The van der Waals surface area contributed by atoms with E-state index in [1.165, 1.54) is 6.08 Å². The number of benzene rings is 1. The molecular weight excluding hydrogens is 268 g/mol. The SMILES string of the molecule is CC1(C)OC(=O)C=C(CC(O)C/C=C/c2ccccc2)O1. The summed E-state index contributed by atoms with van der Waals surface area (Å²) in [5.41, 5.74) is 1.09. The number of hydrogen-bond donors (Lipinski definition) is 1. The fourth-order valence-electron chi connectivity index (χ4n) is 2.11. The Morgan fingerprint density at radius 3 is 2.62 bits per heavy atom. The molecule has 0 bridgehead atoms. The van der Waals surface area contributed by atoms with Crippen molar-refractivity contribution in [3.05, 3.63) is 53.8 Å². The minimum absolute atomic E-state index is 0.289. The molecule has 0 amide bonds. The van der Waals surface area contributed by atoms with Gasteiger partial charge in [0, 0.05) is 20.3 Å². The van der Waals surface area contributed by atoms with Gasteiger partial charge in [-0.1, -0.05) is 42.5 Å². The molecule has 1 aliphatic heterocycles. The van der Waals surface area contributed by atoms with Crippen LogP contribution < -0.4 is 0 Å². The second kappa shape index (κ2) is 6.59. The molecule has 0 aliphatic carbocycles. The zero-order chi connectivity index (χ0) is 15.3. The highest BCUT2D eigenvalue weighted by atomic mass is 16.7. The van der Waals surface area contributed by atoms with E-state index in [1.54, 1.807) is 13.8 Å². The van der Waals surface area contributed by atoms with Crippen molar-refractivity contribution in [3.8, 4) is 0 Å². The molecule has 1 N–H and O–H groups in total. The van der Waals surface area contributed by atoms with Crippen molar-refractivity contribution in [2.24, 2.45) is 0 Å². The number of aliphatic hydroxyl groups is 1. The Morgan fingerprint density at radius 1 is 1.24 bits per heavy atom. The molecule has 2 rings (SSSR count). The van der Waals surface area contributed by atoms with Crippen LogP contribution in [0.5, 0.6) is 0 Å². The summed E-state index contributed by atoms with van der Waals surface area (Å²) in [6.07, 6.45) is 5.33. The topological polar surface area (TPSA) is 55.8 Å². The standard InChI is InChI=1S/C17H20O4/c1-17(2)20-15(12-16(19)21-17)11-14(18)10-6-9-13-7-4-3-5-8-13/h3-9,12,14,18H,10-11H2,1-2H3/b9-6+. The molecule has 0 aromatic heterocycles. The average molecular weight is 288 g/mol. The lowest BCUT2D eigenvalue weighted by molar-refractivity contribution is -0.206. The largest absolute Gasteiger partial charge is 0.457 e. The van der Waals surface area contributed by atoms with E-state index in [9.17, 15) is 9.90 Å². The fourth-order valence-corrected chi connectivity index (χ4v) is 2.11. The van der Waals surface area contributed by atoms with Gasteiger partial charge in [-0.05, 0) is 12.0 Å². The maximum Gasteiger partial charge on any atom is 0.337 e. The smallest absolute Gasteiger partial charge is 0.337 e. The minimum Gasteiger partial charge on any atom is -0.457 e. The van der Waals surface area contributed by atoms with Gasteiger partial charge in [0.2, 0.25) is 5.79 Å². The van der Waals surface area contributed by atoms with Crippen LogP contribution in [0.25, 0.3) is 6.08 Å². The van der Waals surface area contributed by atoms with E-state index >= 15 is 0 Å². The van der Waals surface area contributed by atoms with Crippen LogP contribution in [-0.2, 0) is 14.3 Å². The van der Waals surface area contributed by atoms with E-state index in [0.717, 1.165) is 5.56 Å². The third-order valence-corrected chi connectivity index (χ3v) is 2.96. The normalized spacial score (nSPS) is 18.8. The Hall–Kier alpha value is -2.07. The molecule has 1 aromatic rings. The molecule has 1 heterocycles. The monoisotopic (exact) mass is 288 g/mol. The van der Waals surface area contributed by atoms with Crippen molar-refractivity contribution in [2.75, 3.05) is 0 Å². The average Bonchev–Trinajstić information content (AvgIpc) is 2.37. The molecular formula is C17H20O4. The summed E-state index contributed by atoms with van der Waals surface area (Å²) in [7, 11) is 0. The van der Waals surface area contributed by atoms with Crippen LogP contribution in [0.4, 0.5) is 0 Å². The van der Waals surface area contributed by atoms with Crippen molar-refractivity contribution in [3.63, 3.8) is 0 Å². The molecule has 0 saturated heterocycles. The van der Waals surface area contributed by atoms with Gasteiger partial charge in [-0.15, -0.1) is 0 Å². The van der Waals surface area contributed by atoms with Crippen LogP contribution in [0.15, 0.2) is 48.2 Å². The lowest BCUT2D eigenvalue weighted by atomic mass is 10.1. The van der Waals surface area contributed by atoms with Gasteiger partial charge in [-0.25, -0.2) is 4.79 Å². The van der Waals surface area contributed by atoms with E-state index in [4.69, 9.17) is 9.47 Å². The third-order valence-electron chi connectivity index (χ3n) is 2.96. The van der Waals surface area contributed by atoms with Gasteiger partial charge in [0.25, 0.3) is 0 Å². The molecule has 0 radical (unpaired) electrons. The van der Waals surface area contributed by atoms with E-state index in [-0.39, 0.29) is 6.42 Å². The quantitative estimate of drug-likeness (QED) is 0.846. The summed E-state index contributed by atoms with van der Waals surface area (Å²) in [6.45, 7) is 3.33. The van der Waals surface area contributed by atoms with Gasteiger partial charge < -0.3 is 14.6 Å². The number of hydrogen-bond acceptors (Lipinski definition) is 4. The molecule has 0 saturated carbocycles.